The van der Waals surface area contributed by atoms with Gasteiger partial charge in [0, 0.05) is 21.2 Å². The molecular formula is C19H12ClFN4OS3. The van der Waals surface area contributed by atoms with Gasteiger partial charge in [-0.1, -0.05) is 35.5 Å². The third-order valence-corrected chi connectivity index (χ3v) is 7.55. The average molecular weight is 463 g/mol. The SMILES string of the molecule is O=c1c2sccc2n2c(SCc3c(F)cccc3Cl)nnc2n1Cc1cccs1. The second-order valence-corrected chi connectivity index (χ2v) is 9.51. The van der Waals surface area contributed by atoms with Crippen molar-refractivity contribution in [1.29, 1.82) is 0 Å². The first-order valence-electron chi connectivity index (χ1n) is 8.56. The summed E-state index contributed by atoms with van der Waals surface area (Å²) < 4.78 is 18.3. The van der Waals surface area contributed by atoms with Crippen LogP contribution >= 0.6 is 46.0 Å². The molecule has 0 aliphatic carbocycles. The topological polar surface area (TPSA) is 52.2 Å². The zero-order valence-electron chi connectivity index (χ0n) is 14.7. The minimum absolute atomic E-state index is 0.0861. The molecule has 0 amide bonds. The van der Waals surface area contributed by atoms with E-state index in [-0.39, 0.29) is 11.4 Å². The maximum Gasteiger partial charge on any atom is 0.273 e. The molecule has 0 spiro atoms. The van der Waals surface area contributed by atoms with E-state index in [1.807, 2.05) is 33.4 Å². The second-order valence-electron chi connectivity index (χ2n) is 6.21. The second kappa shape index (κ2) is 7.56. The first-order chi connectivity index (χ1) is 14.1. The van der Waals surface area contributed by atoms with Crippen LogP contribution in [-0.4, -0.2) is 19.2 Å². The molecular weight excluding hydrogens is 451 g/mol. The molecule has 5 nitrogen and oxygen atoms in total. The number of rotatable bonds is 5. The highest BCUT2D eigenvalue weighted by atomic mass is 35.5. The summed E-state index contributed by atoms with van der Waals surface area (Å²) in [5.74, 6) is 0.424. The van der Waals surface area contributed by atoms with Gasteiger partial charge in [0.25, 0.3) is 5.56 Å². The largest absolute Gasteiger partial charge is 0.273 e. The monoisotopic (exact) mass is 462 g/mol. The molecule has 0 saturated carbocycles. The highest BCUT2D eigenvalue weighted by Gasteiger charge is 2.19. The van der Waals surface area contributed by atoms with Crippen LogP contribution < -0.4 is 5.56 Å². The zero-order valence-corrected chi connectivity index (χ0v) is 17.9. The Labute approximate surface area is 181 Å². The maximum absolute atomic E-state index is 14.1. The molecule has 0 saturated heterocycles. The van der Waals surface area contributed by atoms with Gasteiger partial charge in [-0.05, 0) is 35.0 Å². The van der Waals surface area contributed by atoms with Crippen LogP contribution in [0.5, 0.6) is 0 Å². The molecule has 146 valence electrons. The summed E-state index contributed by atoms with van der Waals surface area (Å²) in [6.07, 6.45) is 0. The molecule has 4 heterocycles. The van der Waals surface area contributed by atoms with Crippen LogP contribution in [0.1, 0.15) is 10.4 Å². The summed E-state index contributed by atoms with van der Waals surface area (Å²) in [5, 5.41) is 13.4. The number of thioether (sulfide) groups is 1. The molecule has 5 rings (SSSR count). The fourth-order valence-corrected chi connectivity index (χ4v) is 5.90. The van der Waals surface area contributed by atoms with Crippen molar-refractivity contribution >= 4 is 62.0 Å². The number of thiophene rings is 2. The number of halogens is 2. The normalized spacial score (nSPS) is 11.7. The maximum atomic E-state index is 14.1. The molecule has 29 heavy (non-hydrogen) atoms. The highest BCUT2D eigenvalue weighted by molar-refractivity contribution is 7.98. The number of fused-ring (bicyclic) bond motifs is 3. The fourth-order valence-electron chi connectivity index (χ4n) is 3.10. The van der Waals surface area contributed by atoms with Crippen molar-refractivity contribution in [2.45, 2.75) is 17.5 Å². The van der Waals surface area contributed by atoms with Crippen LogP contribution in [0.25, 0.3) is 16.0 Å². The van der Waals surface area contributed by atoms with E-state index in [1.165, 1.54) is 29.2 Å². The molecule has 0 radical (unpaired) electrons. The van der Waals surface area contributed by atoms with Gasteiger partial charge in [-0.2, -0.15) is 0 Å². The first kappa shape index (κ1) is 18.8. The Morgan fingerprint density at radius 3 is 2.79 bits per heavy atom. The predicted octanol–water partition coefficient (Wildman–Crippen LogP) is 5.30. The third kappa shape index (κ3) is 3.28. The van der Waals surface area contributed by atoms with Crippen molar-refractivity contribution in [3.8, 4) is 0 Å². The van der Waals surface area contributed by atoms with Crippen LogP contribution in [0.2, 0.25) is 5.02 Å². The van der Waals surface area contributed by atoms with Crippen LogP contribution in [-0.2, 0) is 12.3 Å². The molecule has 1 aromatic carbocycles. The van der Waals surface area contributed by atoms with Crippen molar-refractivity contribution < 1.29 is 4.39 Å². The molecule has 10 heteroatoms. The lowest BCUT2D eigenvalue weighted by Gasteiger charge is -2.09. The minimum atomic E-state index is -0.353. The van der Waals surface area contributed by atoms with E-state index in [9.17, 15) is 9.18 Å². The minimum Gasteiger partial charge on any atom is -0.270 e. The summed E-state index contributed by atoms with van der Waals surface area (Å²) in [7, 11) is 0. The number of benzene rings is 1. The van der Waals surface area contributed by atoms with Crippen LogP contribution in [0.15, 0.2) is 57.1 Å². The molecule has 0 atom stereocenters. The van der Waals surface area contributed by atoms with Gasteiger partial charge in [0.1, 0.15) is 10.5 Å². The molecule has 5 aromatic rings. The number of nitrogens with zero attached hydrogens (tertiary/aromatic N) is 4. The van der Waals surface area contributed by atoms with Gasteiger partial charge in [-0.3, -0.25) is 13.8 Å². The Morgan fingerprint density at radius 2 is 2.00 bits per heavy atom. The molecule has 0 aliphatic rings. The Bertz CT molecular complexity index is 1370. The van der Waals surface area contributed by atoms with Crippen molar-refractivity contribution in [2.24, 2.45) is 0 Å². The van der Waals surface area contributed by atoms with Gasteiger partial charge in [0.2, 0.25) is 5.78 Å². The van der Waals surface area contributed by atoms with Gasteiger partial charge in [-0.15, -0.1) is 32.9 Å². The smallest absolute Gasteiger partial charge is 0.270 e. The summed E-state index contributed by atoms with van der Waals surface area (Å²) in [6.45, 7) is 0.426. The lowest BCUT2D eigenvalue weighted by molar-refractivity contribution is 0.617. The van der Waals surface area contributed by atoms with E-state index >= 15 is 0 Å². The molecule has 0 fully saturated rings. The van der Waals surface area contributed by atoms with E-state index in [0.29, 0.717) is 38.5 Å². The quantitative estimate of drug-likeness (QED) is 0.332. The van der Waals surface area contributed by atoms with Crippen LogP contribution in [0, 0.1) is 5.82 Å². The van der Waals surface area contributed by atoms with E-state index in [2.05, 4.69) is 10.2 Å². The standard InChI is InChI=1S/C19H12ClFN4OS3/c20-13-4-1-5-14(21)12(13)10-29-19-23-22-18-24(9-11-3-2-7-27-11)17(26)16-15(25(18)19)6-8-28-16/h1-8H,9-10H2. The zero-order chi connectivity index (χ0) is 20.0. The third-order valence-electron chi connectivity index (χ3n) is 4.48. The van der Waals surface area contributed by atoms with Gasteiger partial charge < -0.3 is 0 Å². The lowest BCUT2D eigenvalue weighted by Crippen LogP contribution is -2.22. The van der Waals surface area contributed by atoms with E-state index < -0.39 is 0 Å². The van der Waals surface area contributed by atoms with Crippen molar-refractivity contribution in [2.75, 3.05) is 0 Å². The van der Waals surface area contributed by atoms with Gasteiger partial charge in [0.15, 0.2) is 5.16 Å². The van der Waals surface area contributed by atoms with Gasteiger partial charge >= 0.3 is 0 Å². The van der Waals surface area contributed by atoms with Crippen molar-refractivity contribution in [3.63, 3.8) is 0 Å². The molecule has 0 unspecified atom stereocenters. The summed E-state index contributed by atoms with van der Waals surface area (Å²) in [5.41, 5.74) is 1.09. The summed E-state index contributed by atoms with van der Waals surface area (Å²) in [6, 6.07) is 10.5. The van der Waals surface area contributed by atoms with Crippen LogP contribution in [0.3, 0.4) is 0 Å². The Balaban J connectivity index is 1.62. The number of aromatic nitrogens is 4. The van der Waals surface area contributed by atoms with Gasteiger partial charge in [-0.25, -0.2) is 4.39 Å². The molecule has 4 aromatic heterocycles. The molecule has 0 aliphatic heterocycles. The highest BCUT2D eigenvalue weighted by Crippen LogP contribution is 2.30. The van der Waals surface area contributed by atoms with E-state index in [0.717, 1.165) is 10.4 Å². The van der Waals surface area contributed by atoms with E-state index in [4.69, 9.17) is 11.6 Å². The fraction of sp³-hybridized carbons (Fsp3) is 0.105. The Kier molecular flexibility index (Phi) is 4.91. The summed E-state index contributed by atoms with van der Waals surface area (Å²) >= 11 is 10.5. The van der Waals surface area contributed by atoms with Crippen LogP contribution in [0.4, 0.5) is 4.39 Å². The first-order valence-corrected chi connectivity index (χ1v) is 11.7. The van der Waals surface area contributed by atoms with Gasteiger partial charge in [0.05, 0.1) is 12.1 Å². The number of hydrogen-bond acceptors (Lipinski definition) is 6. The van der Waals surface area contributed by atoms with E-state index in [1.54, 1.807) is 28.0 Å². The number of hydrogen-bond donors (Lipinski definition) is 0. The van der Waals surface area contributed by atoms with Crippen molar-refractivity contribution in [1.82, 2.24) is 19.2 Å². The lowest BCUT2D eigenvalue weighted by atomic mass is 10.2. The Hall–Kier alpha value is -2.20. The Morgan fingerprint density at radius 1 is 1.10 bits per heavy atom. The predicted molar refractivity (Wildman–Crippen MR) is 117 cm³/mol. The summed E-state index contributed by atoms with van der Waals surface area (Å²) in [4.78, 5) is 14.1. The molecule has 0 bridgehead atoms. The molecule has 0 N–H and O–H groups in total. The average Bonchev–Trinajstić information content (AvgIpc) is 3.44. The van der Waals surface area contributed by atoms with Crippen molar-refractivity contribution in [3.05, 3.63) is 78.8 Å².